The summed E-state index contributed by atoms with van der Waals surface area (Å²) in [5, 5.41) is 9.58. The maximum absolute atomic E-state index is 12.0. The van der Waals surface area contributed by atoms with Gasteiger partial charge in [-0.05, 0) is 30.5 Å². The van der Waals surface area contributed by atoms with Crippen LogP contribution in [0.25, 0.3) is 0 Å². The highest BCUT2D eigenvalue weighted by Gasteiger charge is 2.17. The number of halogens is 2. The first-order chi connectivity index (χ1) is 8.88. The number of nitrogens with one attached hydrogen (secondary N) is 1. The van der Waals surface area contributed by atoms with Crippen molar-refractivity contribution < 1.29 is 13.5 Å². The van der Waals surface area contributed by atoms with Crippen molar-refractivity contribution >= 4 is 33.2 Å². The molecule has 108 valence electrons. The van der Waals surface area contributed by atoms with Gasteiger partial charge in [0.05, 0.1) is 15.8 Å². The van der Waals surface area contributed by atoms with E-state index in [1.54, 1.807) is 12.1 Å². The zero-order valence-electron chi connectivity index (χ0n) is 10.6. The molecule has 1 rings (SSSR count). The molecule has 0 amide bonds. The van der Waals surface area contributed by atoms with Gasteiger partial charge in [-0.1, -0.05) is 36.2 Å². The second-order valence-electron chi connectivity index (χ2n) is 4.24. The molecule has 0 bridgehead atoms. The Morgan fingerprint density at radius 1 is 1.32 bits per heavy atom. The number of aliphatic hydroxyl groups is 1. The van der Waals surface area contributed by atoms with Crippen LogP contribution in [0, 0.1) is 0 Å². The average molecular weight is 326 g/mol. The van der Waals surface area contributed by atoms with E-state index in [0.717, 1.165) is 0 Å². The minimum Gasteiger partial charge on any atom is -0.396 e. The van der Waals surface area contributed by atoms with Gasteiger partial charge in [0, 0.05) is 12.6 Å². The van der Waals surface area contributed by atoms with Gasteiger partial charge < -0.3 is 5.11 Å². The number of sulfonamides is 1. The van der Waals surface area contributed by atoms with Crippen LogP contribution in [0.5, 0.6) is 0 Å². The Morgan fingerprint density at radius 3 is 2.53 bits per heavy atom. The first kappa shape index (κ1) is 16.7. The van der Waals surface area contributed by atoms with E-state index in [4.69, 9.17) is 28.3 Å². The van der Waals surface area contributed by atoms with E-state index in [9.17, 15) is 8.42 Å². The molecule has 0 fully saturated rings. The van der Waals surface area contributed by atoms with Crippen molar-refractivity contribution in [2.24, 2.45) is 0 Å². The average Bonchev–Trinajstić information content (AvgIpc) is 2.32. The summed E-state index contributed by atoms with van der Waals surface area (Å²) in [5.41, 5.74) is 0.570. The molecule has 0 aliphatic carbocycles. The predicted octanol–water partition coefficient (Wildman–Crippen LogP) is 2.57. The van der Waals surface area contributed by atoms with Crippen LogP contribution in [0.1, 0.15) is 25.3 Å². The van der Waals surface area contributed by atoms with Gasteiger partial charge in [0.25, 0.3) is 0 Å². The number of benzene rings is 1. The highest BCUT2D eigenvalue weighted by molar-refractivity contribution is 7.88. The Hall–Kier alpha value is -0.330. The second kappa shape index (κ2) is 7.45. The van der Waals surface area contributed by atoms with E-state index in [0.29, 0.717) is 28.5 Å². The van der Waals surface area contributed by atoms with Gasteiger partial charge in [0.15, 0.2) is 0 Å². The van der Waals surface area contributed by atoms with Crippen LogP contribution in [-0.4, -0.2) is 26.2 Å². The topological polar surface area (TPSA) is 66.4 Å². The molecule has 0 radical (unpaired) electrons. The summed E-state index contributed by atoms with van der Waals surface area (Å²) in [6, 6.07) is 4.48. The van der Waals surface area contributed by atoms with Gasteiger partial charge in [-0.25, -0.2) is 13.1 Å². The largest absolute Gasteiger partial charge is 0.396 e. The molecule has 0 heterocycles. The normalized spacial score (nSPS) is 13.5. The molecule has 4 nitrogen and oxygen atoms in total. The fourth-order valence-corrected chi connectivity index (χ4v) is 3.46. The Balaban J connectivity index is 2.75. The molecule has 1 aromatic carbocycles. The number of hydrogen-bond donors (Lipinski definition) is 2. The molecular formula is C12H17Cl2NO3S. The summed E-state index contributed by atoms with van der Waals surface area (Å²) < 4.78 is 26.5. The molecule has 0 spiro atoms. The Kier molecular flexibility index (Phi) is 6.56. The van der Waals surface area contributed by atoms with Crippen LogP contribution < -0.4 is 4.72 Å². The van der Waals surface area contributed by atoms with E-state index < -0.39 is 10.0 Å². The van der Waals surface area contributed by atoms with Crippen molar-refractivity contribution in [1.29, 1.82) is 0 Å². The van der Waals surface area contributed by atoms with Crippen LogP contribution in [-0.2, 0) is 15.8 Å². The molecule has 0 saturated carbocycles. The van der Waals surface area contributed by atoms with Crippen LogP contribution in [0.4, 0.5) is 0 Å². The van der Waals surface area contributed by atoms with E-state index >= 15 is 0 Å². The smallest absolute Gasteiger partial charge is 0.216 e. The summed E-state index contributed by atoms with van der Waals surface area (Å²) in [6.45, 7) is 1.82. The lowest BCUT2D eigenvalue weighted by molar-refractivity contribution is 0.270. The SMILES string of the molecule is CCC(CCO)NS(=O)(=O)Cc1ccc(Cl)c(Cl)c1. The standard InChI is InChI=1S/C12H17Cl2NO3S/c1-2-10(5-6-16)15-19(17,18)8-9-3-4-11(13)12(14)7-9/h3-4,7,10,15-16H,2,5-6,8H2,1H3. The molecule has 1 aromatic rings. The van der Waals surface area contributed by atoms with Gasteiger partial charge in [0.2, 0.25) is 10.0 Å². The van der Waals surface area contributed by atoms with Crippen molar-refractivity contribution in [2.75, 3.05) is 6.61 Å². The molecular weight excluding hydrogens is 309 g/mol. The number of aliphatic hydroxyl groups excluding tert-OH is 1. The number of hydrogen-bond acceptors (Lipinski definition) is 3. The van der Waals surface area contributed by atoms with Crippen molar-refractivity contribution in [2.45, 2.75) is 31.6 Å². The zero-order chi connectivity index (χ0) is 14.5. The van der Waals surface area contributed by atoms with Crippen molar-refractivity contribution in [3.05, 3.63) is 33.8 Å². The highest BCUT2D eigenvalue weighted by Crippen LogP contribution is 2.23. The third kappa shape index (κ3) is 5.67. The predicted molar refractivity (Wildman–Crippen MR) is 78.0 cm³/mol. The van der Waals surface area contributed by atoms with Gasteiger partial charge in [0.1, 0.15) is 0 Å². The lowest BCUT2D eigenvalue weighted by Crippen LogP contribution is -2.35. The summed E-state index contributed by atoms with van der Waals surface area (Å²) in [4.78, 5) is 0. The molecule has 0 aliphatic heterocycles. The van der Waals surface area contributed by atoms with Gasteiger partial charge in [-0.2, -0.15) is 0 Å². The van der Waals surface area contributed by atoms with Crippen LogP contribution >= 0.6 is 23.2 Å². The Bertz CT molecular complexity index is 520. The van der Waals surface area contributed by atoms with Gasteiger partial charge >= 0.3 is 0 Å². The third-order valence-electron chi connectivity index (χ3n) is 2.66. The molecule has 2 N–H and O–H groups in total. The first-order valence-electron chi connectivity index (χ1n) is 5.92. The zero-order valence-corrected chi connectivity index (χ0v) is 12.9. The fraction of sp³-hybridized carbons (Fsp3) is 0.500. The summed E-state index contributed by atoms with van der Waals surface area (Å²) in [6.07, 6.45) is 1.03. The summed E-state index contributed by atoms with van der Waals surface area (Å²) >= 11 is 11.6. The third-order valence-corrected chi connectivity index (χ3v) is 4.80. The monoisotopic (exact) mass is 325 g/mol. The van der Waals surface area contributed by atoms with Gasteiger partial charge in [-0.15, -0.1) is 0 Å². The minimum absolute atomic E-state index is 0.0478. The summed E-state index contributed by atoms with van der Waals surface area (Å²) in [5.74, 6) is -0.161. The highest BCUT2D eigenvalue weighted by atomic mass is 35.5. The van der Waals surface area contributed by atoms with E-state index in [2.05, 4.69) is 4.72 Å². The summed E-state index contributed by atoms with van der Waals surface area (Å²) in [7, 11) is -3.46. The maximum atomic E-state index is 12.0. The van der Waals surface area contributed by atoms with E-state index in [1.165, 1.54) is 6.07 Å². The second-order valence-corrected chi connectivity index (χ2v) is 6.81. The van der Waals surface area contributed by atoms with Gasteiger partial charge in [-0.3, -0.25) is 0 Å². The fourth-order valence-electron chi connectivity index (χ4n) is 1.65. The lowest BCUT2D eigenvalue weighted by Gasteiger charge is -2.16. The lowest BCUT2D eigenvalue weighted by atomic mass is 10.2. The van der Waals surface area contributed by atoms with Crippen LogP contribution in [0.2, 0.25) is 10.0 Å². The molecule has 7 heteroatoms. The van der Waals surface area contributed by atoms with Crippen molar-refractivity contribution in [3.63, 3.8) is 0 Å². The Morgan fingerprint density at radius 2 is 2.00 bits per heavy atom. The molecule has 0 aliphatic rings. The van der Waals surface area contributed by atoms with Crippen molar-refractivity contribution in [1.82, 2.24) is 4.72 Å². The molecule has 0 aromatic heterocycles. The van der Waals surface area contributed by atoms with E-state index in [-0.39, 0.29) is 18.4 Å². The first-order valence-corrected chi connectivity index (χ1v) is 8.33. The van der Waals surface area contributed by atoms with Crippen LogP contribution in [0.15, 0.2) is 18.2 Å². The molecule has 1 atom stereocenters. The number of rotatable bonds is 7. The van der Waals surface area contributed by atoms with E-state index in [1.807, 2.05) is 6.92 Å². The molecule has 19 heavy (non-hydrogen) atoms. The molecule has 0 saturated heterocycles. The van der Waals surface area contributed by atoms with Crippen LogP contribution in [0.3, 0.4) is 0 Å². The van der Waals surface area contributed by atoms with Crippen molar-refractivity contribution in [3.8, 4) is 0 Å². The maximum Gasteiger partial charge on any atom is 0.216 e. The quantitative estimate of drug-likeness (QED) is 0.809. The Labute approximate surface area is 123 Å². The minimum atomic E-state index is -3.46. The molecule has 1 unspecified atom stereocenters.